The van der Waals surface area contributed by atoms with Crippen molar-refractivity contribution in [2.45, 2.75) is 109 Å². The maximum Gasteiger partial charge on any atom is 0.240 e. The molecule has 1 heterocycles. The van der Waals surface area contributed by atoms with Gasteiger partial charge in [0.25, 0.3) is 0 Å². The van der Waals surface area contributed by atoms with E-state index in [0.29, 0.717) is 13.0 Å². The zero-order chi connectivity index (χ0) is 17.6. The molecule has 4 heteroatoms. The molecule has 0 spiro atoms. The molecule has 0 aromatic heterocycles. The SMILES string of the molecule is CCCCCCCCCCCCC(C(N)=O)N1CCCCCC1=O. The van der Waals surface area contributed by atoms with Gasteiger partial charge in [0.15, 0.2) is 0 Å². The number of rotatable bonds is 13. The molecule has 1 rings (SSSR count). The molecule has 1 saturated heterocycles. The molecule has 1 fully saturated rings. The summed E-state index contributed by atoms with van der Waals surface area (Å²) in [4.78, 5) is 25.7. The number of nitrogens with two attached hydrogens (primary N) is 1. The predicted octanol–water partition coefficient (Wildman–Crippen LogP) is 4.55. The maximum absolute atomic E-state index is 12.2. The molecular formula is C20H38N2O2. The summed E-state index contributed by atoms with van der Waals surface area (Å²) in [6.45, 7) is 2.95. The first-order valence-corrected chi connectivity index (χ1v) is 10.3. The van der Waals surface area contributed by atoms with E-state index in [-0.39, 0.29) is 17.9 Å². The summed E-state index contributed by atoms with van der Waals surface area (Å²) in [7, 11) is 0. The van der Waals surface area contributed by atoms with Crippen LogP contribution in [0.4, 0.5) is 0 Å². The van der Waals surface area contributed by atoms with Gasteiger partial charge in [-0.1, -0.05) is 77.6 Å². The molecule has 1 aliphatic rings. The van der Waals surface area contributed by atoms with Crippen molar-refractivity contribution in [3.05, 3.63) is 0 Å². The summed E-state index contributed by atoms with van der Waals surface area (Å²) in [6.07, 6.45) is 17.1. The van der Waals surface area contributed by atoms with Crippen molar-refractivity contribution in [1.82, 2.24) is 4.90 Å². The van der Waals surface area contributed by atoms with Gasteiger partial charge in [-0.3, -0.25) is 9.59 Å². The molecule has 0 radical (unpaired) electrons. The van der Waals surface area contributed by atoms with Crippen LogP contribution in [-0.4, -0.2) is 29.3 Å². The van der Waals surface area contributed by atoms with Crippen molar-refractivity contribution in [3.63, 3.8) is 0 Å². The van der Waals surface area contributed by atoms with Crippen LogP contribution in [-0.2, 0) is 9.59 Å². The van der Waals surface area contributed by atoms with Crippen LogP contribution in [0.15, 0.2) is 0 Å². The smallest absolute Gasteiger partial charge is 0.240 e. The molecular weight excluding hydrogens is 300 g/mol. The summed E-state index contributed by atoms with van der Waals surface area (Å²) in [6, 6.07) is -0.385. The molecule has 24 heavy (non-hydrogen) atoms. The van der Waals surface area contributed by atoms with Gasteiger partial charge in [-0.25, -0.2) is 0 Å². The summed E-state index contributed by atoms with van der Waals surface area (Å²) < 4.78 is 0. The zero-order valence-corrected chi connectivity index (χ0v) is 15.7. The van der Waals surface area contributed by atoms with E-state index in [2.05, 4.69) is 6.92 Å². The highest BCUT2D eigenvalue weighted by Crippen LogP contribution is 2.18. The minimum atomic E-state index is -0.385. The van der Waals surface area contributed by atoms with E-state index in [0.717, 1.165) is 38.5 Å². The number of carbonyl (C=O) groups is 2. The molecule has 2 amide bonds. The number of carbonyl (C=O) groups excluding carboxylic acids is 2. The Hall–Kier alpha value is -1.06. The fourth-order valence-electron chi connectivity index (χ4n) is 3.61. The largest absolute Gasteiger partial charge is 0.368 e. The van der Waals surface area contributed by atoms with E-state index in [1.54, 1.807) is 4.90 Å². The second-order valence-electron chi connectivity index (χ2n) is 7.29. The van der Waals surface area contributed by atoms with Gasteiger partial charge in [0, 0.05) is 13.0 Å². The van der Waals surface area contributed by atoms with Crippen LogP contribution in [0.5, 0.6) is 0 Å². The first-order valence-electron chi connectivity index (χ1n) is 10.3. The maximum atomic E-state index is 12.2. The van der Waals surface area contributed by atoms with E-state index in [9.17, 15) is 9.59 Å². The van der Waals surface area contributed by atoms with Gasteiger partial charge in [-0.05, 0) is 19.3 Å². The van der Waals surface area contributed by atoms with E-state index in [1.165, 1.54) is 51.4 Å². The van der Waals surface area contributed by atoms with Gasteiger partial charge in [0.05, 0.1) is 0 Å². The lowest BCUT2D eigenvalue weighted by Crippen LogP contribution is -2.47. The lowest BCUT2D eigenvalue weighted by atomic mass is 10.0. The molecule has 0 bridgehead atoms. The number of hydrogen-bond donors (Lipinski definition) is 1. The molecule has 0 saturated carbocycles. The van der Waals surface area contributed by atoms with Crippen molar-refractivity contribution in [2.24, 2.45) is 5.73 Å². The van der Waals surface area contributed by atoms with Gasteiger partial charge < -0.3 is 10.6 Å². The Morgan fingerprint density at radius 2 is 1.54 bits per heavy atom. The molecule has 0 aromatic carbocycles. The van der Waals surface area contributed by atoms with Gasteiger partial charge in [-0.15, -0.1) is 0 Å². The second-order valence-corrected chi connectivity index (χ2v) is 7.29. The minimum absolute atomic E-state index is 0.114. The van der Waals surface area contributed by atoms with Crippen LogP contribution < -0.4 is 5.73 Å². The highest BCUT2D eigenvalue weighted by atomic mass is 16.2. The van der Waals surface area contributed by atoms with Gasteiger partial charge >= 0.3 is 0 Å². The number of nitrogens with zero attached hydrogens (tertiary/aromatic N) is 1. The topological polar surface area (TPSA) is 63.4 Å². The number of hydrogen-bond acceptors (Lipinski definition) is 2. The van der Waals surface area contributed by atoms with E-state index < -0.39 is 0 Å². The fourth-order valence-corrected chi connectivity index (χ4v) is 3.61. The standard InChI is InChI=1S/C20H38N2O2/c1-2-3-4-5-6-7-8-9-10-12-15-18(20(21)24)22-17-14-11-13-16-19(22)23/h18H,2-17H2,1H3,(H2,21,24). The highest BCUT2D eigenvalue weighted by Gasteiger charge is 2.28. The van der Waals surface area contributed by atoms with Crippen LogP contribution >= 0.6 is 0 Å². The molecule has 4 nitrogen and oxygen atoms in total. The van der Waals surface area contributed by atoms with E-state index >= 15 is 0 Å². The van der Waals surface area contributed by atoms with Crippen LogP contribution in [0.2, 0.25) is 0 Å². The fraction of sp³-hybridized carbons (Fsp3) is 0.900. The minimum Gasteiger partial charge on any atom is -0.368 e. The van der Waals surface area contributed by atoms with Crippen molar-refractivity contribution in [2.75, 3.05) is 6.54 Å². The van der Waals surface area contributed by atoms with Crippen molar-refractivity contribution < 1.29 is 9.59 Å². The molecule has 140 valence electrons. The normalized spacial score (nSPS) is 16.9. The molecule has 2 N–H and O–H groups in total. The Morgan fingerprint density at radius 1 is 0.958 bits per heavy atom. The molecule has 0 aliphatic carbocycles. The summed E-state index contributed by atoms with van der Waals surface area (Å²) in [5.41, 5.74) is 5.57. The number of primary amides is 1. The third kappa shape index (κ3) is 8.70. The van der Waals surface area contributed by atoms with Crippen LogP contribution in [0.3, 0.4) is 0 Å². The lowest BCUT2D eigenvalue weighted by molar-refractivity contribution is -0.139. The summed E-state index contributed by atoms with van der Waals surface area (Å²) in [5.74, 6) is -0.218. The molecule has 1 unspecified atom stereocenters. The van der Waals surface area contributed by atoms with Crippen molar-refractivity contribution in [3.8, 4) is 0 Å². The number of unbranched alkanes of at least 4 members (excludes halogenated alkanes) is 9. The first kappa shape index (κ1) is 21.0. The monoisotopic (exact) mass is 338 g/mol. The second kappa shape index (κ2) is 13.3. The quantitative estimate of drug-likeness (QED) is 0.501. The Morgan fingerprint density at radius 3 is 2.12 bits per heavy atom. The number of amides is 2. The molecule has 1 atom stereocenters. The van der Waals surface area contributed by atoms with E-state index in [1.807, 2.05) is 0 Å². The Labute approximate surface area is 148 Å². The predicted molar refractivity (Wildman–Crippen MR) is 99.6 cm³/mol. The summed E-state index contributed by atoms with van der Waals surface area (Å²) in [5, 5.41) is 0. The van der Waals surface area contributed by atoms with Crippen LogP contribution in [0, 0.1) is 0 Å². The van der Waals surface area contributed by atoms with Gasteiger partial charge in [-0.2, -0.15) is 0 Å². The van der Waals surface area contributed by atoms with Gasteiger partial charge in [0.1, 0.15) is 6.04 Å². The molecule has 0 aromatic rings. The summed E-state index contributed by atoms with van der Waals surface area (Å²) >= 11 is 0. The van der Waals surface area contributed by atoms with Crippen molar-refractivity contribution in [1.29, 1.82) is 0 Å². The van der Waals surface area contributed by atoms with Crippen LogP contribution in [0.1, 0.15) is 103 Å². The Balaban J connectivity index is 2.15. The average Bonchev–Trinajstić information content (AvgIpc) is 2.77. The van der Waals surface area contributed by atoms with Crippen molar-refractivity contribution >= 4 is 11.8 Å². The van der Waals surface area contributed by atoms with E-state index in [4.69, 9.17) is 5.73 Å². The lowest BCUT2D eigenvalue weighted by Gasteiger charge is -2.28. The third-order valence-corrected chi connectivity index (χ3v) is 5.15. The molecule has 1 aliphatic heterocycles. The third-order valence-electron chi connectivity index (χ3n) is 5.15. The zero-order valence-electron chi connectivity index (χ0n) is 15.7. The first-order chi connectivity index (χ1) is 11.7. The Kier molecular flexibility index (Phi) is 11.6. The van der Waals surface area contributed by atoms with Crippen LogP contribution in [0.25, 0.3) is 0 Å². The number of likely N-dealkylation sites (tertiary alicyclic amines) is 1. The highest BCUT2D eigenvalue weighted by molar-refractivity contribution is 5.86. The average molecular weight is 339 g/mol. The van der Waals surface area contributed by atoms with Gasteiger partial charge in [0.2, 0.25) is 11.8 Å². The Bertz CT molecular complexity index is 358.